The highest BCUT2D eigenvalue weighted by Crippen LogP contribution is 2.32. The van der Waals surface area contributed by atoms with Gasteiger partial charge in [-0.1, -0.05) is 53.7 Å². The Kier molecular flexibility index (Phi) is 6.15. The summed E-state index contributed by atoms with van der Waals surface area (Å²) in [5, 5.41) is 0. The van der Waals surface area contributed by atoms with Crippen LogP contribution >= 0.6 is 0 Å². The van der Waals surface area contributed by atoms with Crippen LogP contribution in [-0.2, 0) is 0 Å². The van der Waals surface area contributed by atoms with E-state index in [2.05, 4.69) is 53.7 Å². The van der Waals surface area contributed by atoms with Crippen LogP contribution in [0.25, 0.3) is 0 Å². The number of rotatable bonds is 6. The third kappa shape index (κ3) is 4.41. The van der Waals surface area contributed by atoms with Gasteiger partial charge in [-0.05, 0) is 48.5 Å². The van der Waals surface area contributed by atoms with E-state index in [9.17, 15) is 4.79 Å². The first kappa shape index (κ1) is 17.9. The van der Waals surface area contributed by atoms with Gasteiger partial charge in [-0.2, -0.15) is 0 Å². The molecule has 0 aromatic heterocycles. The number of nitrogens with zero attached hydrogens (tertiary/aromatic N) is 1. The van der Waals surface area contributed by atoms with E-state index in [0.717, 1.165) is 5.56 Å². The van der Waals surface area contributed by atoms with Gasteiger partial charge in [0, 0.05) is 5.56 Å². The number of likely N-dealkylation sites (N-methyl/N-ethyl adjacent to an activating group) is 1. The maximum absolute atomic E-state index is 12.7. The minimum Gasteiger partial charge on any atom is -0.302 e. The molecule has 1 aromatic rings. The molecule has 0 aliphatic rings. The summed E-state index contributed by atoms with van der Waals surface area (Å²) in [6.45, 7) is 13.6. The second-order valence-corrected chi connectivity index (χ2v) is 7.20. The molecule has 2 nitrogen and oxygen atoms in total. The predicted octanol–water partition coefficient (Wildman–Crippen LogP) is 4.80. The van der Waals surface area contributed by atoms with Crippen LogP contribution in [0.2, 0.25) is 0 Å². The zero-order valence-corrected chi connectivity index (χ0v) is 14.9. The minimum atomic E-state index is 0.239. The molecule has 0 unspecified atom stereocenters. The lowest BCUT2D eigenvalue weighted by atomic mass is 9.83. The maximum atomic E-state index is 12.7. The Hall–Kier alpha value is -1.15. The second-order valence-electron chi connectivity index (χ2n) is 7.20. The number of hydrogen-bond donors (Lipinski definition) is 0. The van der Waals surface area contributed by atoms with Crippen LogP contribution in [-0.4, -0.2) is 31.3 Å². The van der Waals surface area contributed by atoms with Crippen molar-refractivity contribution in [3.05, 3.63) is 34.4 Å². The Morgan fingerprint density at radius 1 is 0.905 bits per heavy atom. The van der Waals surface area contributed by atoms with E-state index in [1.165, 1.54) is 16.7 Å². The molecule has 0 bridgehead atoms. The van der Waals surface area contributed by atoms with Gasteiger partial charge in [0.2, 0.25) is 0 Å². The highest BCUT2D eigenvalue weighted by atomic mass is 16.1. The van der Waals surface area contributed by atoms with Gasteiger partial charge in [0.05, 0.1) is 6.54 Å². The molecule has 0 saturated heterocycles. The number of hydrogen-bond acceptors (Lipinski definition) is 2. The van der Waals surface area contributed by atoms with Crippen molar-refractivity contribution >= 4 is 5.78 Å². The minimum absolute atomic E-state index is 0.239. The van der Waals surface area contributed by atoms with Gasteiger partial charge in [0.15, 0.2) is 5.78 Å². The van der Waals surface area contributed by atoms with Crippen LogP contribution in [0, 0.1) is 0 Å². The predicted molar refractivity (Wildman–Crippen MR) is 91.6 cm³/mol. The molecule has 0 aliphatic carbocycles. The smallest absolute Gasteiger partial charge is 0.177 e. The molecular formula is C19H31NO. The first-order valence-electron chi connectivity index (χ1n) is 8.00. The van der Waals surface area contributed by atoms with Crippen LogP contribution < -0.4 is 0 Å². The van der Waals surface area contributed by atoms with E-state index in [1.54, 1.807) is 0 Å². The van der Waals surface area contributed by atoms with E-state index in [1.807, 2.05) is 19.0 Å². The van der Waals surface area contributed by atoms with E-state index < -0.39 is 0 Å². The molecule has 0 radical (unpaired) electrons. The van der Waals surface area contributed by atoms with Crippen molar-refractivity contribution in [2.75, 3.05) is 20.6 Å². The Bertz CT molecular complexity index is 469. The average Bonchev–Trinajstić information content (AvgIpc) is 2.35. The van der Waals surface area contributed by atoms with Crippen LogP contribution in [0.1, 0.15) is 86.3 Å². The Balaban J connectivity index is 3.53. The first-order chi connectivity index (χ1) is 9.65. The normalized spacial score (nSPS) is 12.0. The molecule has 0 saturated carbocycles. The molecule has 2 heteroatoms. The van der Waals surface area contributed by atoms with Crippen molar-refractivity contribution in [1.82, 2.24) is 4.90 Å². The molecule has 0 N–H and O–H groups in total. The van der Waals surface area contributed by atoms with Crippen molar-refractivity contribution in [1.29, 1.82) is 0 Å². The fourth-order valence-electron chi connectivity index (χ4n) is 2.64. The van der Waals surface area contributed by atoms with Crippen molar-refractivity contribution in [2.45, 2.75) is 59.3 Å². The lowest BCUT2D eigenvalue weighted by Gasteiger charge is -2.23. The zero-order valence-electron chi connectivity index (χ0n) is 14.9. The number of benzene rings is 1. The maximum Gasteiger partial charge on any atom is 0.177 e. The molecule has 1 rings (SSSR count). The van der Waals surface area contributed by atoms with Gasteiger partial charge in [0.25, 0.3) is 0 Å². The molecule has 1 aromatic carbocycles. The van der Waals surface area contributed by atoms with Crippen molar-refractivity contribution in [3.63, 3.8) is 0 Å². The van der Waals surface area contributed by atoms with Gasteiger partial charge in [-0.25, -0.2) is 0 Å². The van der Waals surface area contributed by atoms with Gasteiger partial charge in [-0.15, -0.1) is 0 Å². The van der Waals surface area contributed by atoms with Crippen molar-refractivity contribution < 1.29 is 4.79 Å². The molecule has 0 heterocycles. The molecule has 0 fully saturated rings. The van der Waals surface area contributed by atoms with E-state index >= 15 is 0 Å². The van der Waals surface area contributed by atoms with Gasteiger partial charge < -0.3 is 4.90 Å². The molecule has 0 amide bonds. The molecular weight excluding hydrogens is 258 g/mol. The van der Waals surface area contributed by atoms with Gasteiger partial charge in [-0.3, -0.25) is 4.79 Å². The topological polar surface area (TPSA) is 20.3 Å². The molecule has 21 heavy (non-hydrogen) atoms. The zero-order chi connectivity index (χ0) is 16.3. The Morgan fingerprint density at radius 2 is 1.33 bits per heavy atom. The lowest BCUT2D eigenvalue weighted by molar-refractivity contribution is 0.0955. The molecule has 118 valence electrons. The summed E-state index contributed by atoms with van der Waals surface area (Å²) >= 11 is 0. The summed E-state index contributed by atoms with van der Waals surface area (Å²) in [6, 6.07) is 4.48. The molecule has 0 aliphatic heterocycles. The van der Waals surface area contributed by atoms with E-state index in [-0.39, 0.29) is 5.78 Å². The highest BCUT2D eigenvalue weighted by molar-refractivity contribution is 6.00. The standard InChI is InChI=1S/C19H31NO/c1-12(2)15-9-16(13(3)4)19(17(10-15)14(5)6)18(21)11-20(7)8/h9-10,12-14H,11H2,1-8H3. The van der Waals surface area contributed by atoms with Crippen LogP contribution in [0.4, 0.5) is 0 Å². The summed E-state index contributed by atoms with van der Waals surface area (Å²) in [4.78, 5) is 14.7. The quantitative estimate of drug-likeness (QED) is 0.701. The van der Waals surface area contributed by atoms with E-state index in [4.69, 9.17) is 0 Å². The summed E-state index contributed by atoms with van der Waals surface area (Å²) < 4.78 is 0. The molecule has 0 atom stereocenters. The Morgan fingerprint density at radius 3 is 1.62 bits per heavy atom. The monoisotopic (exact) mass is 289 g/mol. The highest BCUT2D eigenvalue weighted by Gasteiger charge is 2.22. The third-order valence-corrected chi connectivity index (χ3v) is 3.87. The lowest BCUT2D eigenvalue weighted by Crippen LogP contribution is -2.24. The number of carbonyl (C=O) groups is 1. The number of ketones is 1. The van der Waals surface area contributed by atoms with Crippen molar-refractivity contribution in [3.8, 4) is 0 Å². The van der Waals surface area contributed by atoms with Crippen molar-refractivity contribution in [2.24, 2.45) is 0 Å². The fraction of sp³-hybridized carbons (Fsp3) is 0.632. The summed E-state index contributed by atoms with van der Waals surface area (Å²) in [6.07, 6.45) is 0. The summed E-state index contributed by atoms with van der Waals surface area (Å²) in [5.41, 5.74) is 4.70. The van der Waals surface area contributed by atoms with Gasteiger partial charge >= 0.3 is 0 Å². The largest absolute Gasteiger partial charge is 0.302 e. The Labute approximate surface area is 130 Å². The summed E-state index contributed by atoms with van der Waals surface area (Å²) in [7, 11) is 3.90. The average molecular weight is 289 g/mol. The number of carbonyl (C=O) groups excluding carboxylic acids is 1. The second kappa shape index (κ2) is 7.22. The van der Waals surface area contributed by atoms with Crippen LogP contribution in [0.15, 0.2) is 12.1 Å². The SMILES string of the molecule is CC(C)c1cc(C(C)C)c(C(=O)CN(C)C)c(C(C)C)c1. The van der Waals surface area contributed by atoms with Crippen LogP contribution in [0.5, 0.6) is 0 Å². The van der Waals surface area contributed by atoms with Gasteiger partial charge in [0.1, 0.15) is 0 Å². The van der Waals surface area contributed by atoms with E-state index in [0.29, 0.717) is 24.3 Å². The first-order valence-corrected chi connectivity index (χ1v) is 8.00. The molecule has 0 spiro atoms. The fourth-order valence-corrected chi connectivity index (χ4v) is 2.64. The number of Topliss-reactive ketones (excluding diaryl/α,β-unsaturated/α-hetero) is 1. The summed E-state index contributed by atoms with van der Waals surface area (Å²) in [5.74, 6) is 1.45. The van der Waals surface area contributed by atoms with Crippen LogP contribution in [0.3, 0.4) is 0 Å². The third-order valence-electron chi connectivity index (χ3n) is 3.87.